The molecule has 0 aliphatic heterocycles. The Balaban J connectivity index is 4.64. The highest BCUT2D eigenvalue weighted by atomic mass is 16.5. The van der Waals surface area contributed by atoms with Gasteiger partial charge in [0.15, 0.2) is 0 Å². The molecule has 0 saturated carbocycles. The fourth-order valence-electron chi connectivity index (χ4n) is 1.07. The second kappa shape index (κ2) is 6.60. The van der Waals surface area contributed by atoms with E-state index >= 15 is 0 Å². The average Bonchev–Trinajstić information content (AvgIpc) is 2.21. The van der Waals surface area contributed by atoms with E-state index in [1.807, 2.05) is 0 Å². The highest BCUT2D eigenvalue weighted by Crippen LogP contribution is 2.18. The Morgan fingerprint density at radius 3 is 2.31 bits per heavy atom. The molecule has 0 fully saturated rings. The van der Waals surface area contributed by atoms with Crippen LogP contribution in [0.2, 0.25) is 0 Å². The first-order valence-corrected chi connectivity index (χ1v) is 4.62. The largest absolute Gasteiger partial charge is 0.481 e. The average molecular weight is 230 g/mol. The minimum Gasteiger partial charge on any atom is -0.481 e. The molecule has 0 aromatic heterocycles. The number of hydrogen-bond donors (Lipinski definition) is 2. The van der Waals surface area contributed by atoms with Crippen LogP contribution < -0.4 is 0 Å². The van der Waals surface area contributed by atoms with Gasteiger partial charge in [0, 0.05) is 0 Å². The molecule has 0 heterocycles. The molecule has 2 atom stereocenters. The van der Waals surface area contributed by atoms with E-state index in [9.17, 15) is 14.4 Å². The molecule has 0 bridgehead atoms. The Morgan fingerprint density at radius 2 is 1.94 bits per heavy atom. The predicted octanol–water partition coefficient (Wildman–Crippen LogP) is 0.527. The minimum atomic E-state index is -1.24. The van der Waals surface area contributed by atoms with Gasteiger partial charge in [0.05, 0.1) is 18.3 Å². The zero-order valence-electron chi connectivity index (χ0n) is 8.88. The Bertz CT molecular complexity index is 296. The topological polar surface area (TPSA) is 101 Å². The standard InChI is InChI=1S/C10H14O6/c1-3-4-16-10(15)7(5-8(11)12)6(2)9(13)14/h3,6-7H,1,4-5H2,2H3,(H,11,12)(H,13,14). The van der Waals surface area contributed by atoms with Crippen molar-refractivity contribution < 1.29 is 29.3 Å². The number of carbonyl (C=O) groups excluding carboxylic acids is 1. The Kier molecular flexibility index (Phi) is 5.84. The maximum atomic E-state index is 11.4. The first kappa shape index (κ1) is 14.2. The molecule has 0 amide bonds. The minimum absolute atomic E-state index is 0.0682. The third-order valence-electron chi connectivity index (χ3n) is 2.03. The molecule has 0 aromatic carbocycles. The number of rotatable bonds is 7. The molecular weight excluding hydrogens is 216 g/mol. The van der Waals surface area contributed by atoms with Gasteiger partial charge in [-0.25, -0.2) is 0 Å². The Labute approximate surface area is 92.5 Å². The SMILES string of the molecule is C=CCOC(=O)C(CC(=O)O)C(C)C(=O)O. The van der Waals surface area contributed by atoms with E-state index in [0.29, 0.717) is 0 Å². The number of aliphatic carboxylic acids is 2. The van der Waals surface area contributed by atoms with E-state index in [0.717, 1.165) is 0 Å². The summed E-state index contributed by atoms with van der Waals surface area (Å²) in [5.74, 6) is -5.60. The molecule has 16 heavy (non-hydrogen) atoms. The summed E-state index contributed by atoms with van der Waals surface area (Å²) >= 11 is 0. The van der Waals surface area contributed by atoms with E-state index in [1.54, 1.807) is 0 Å². The molecule has 0 aliphatic rings. The summed E-state index contributed by atoms with van der Waals surface area (Å²) in [6, 6.07) is 0. The molecule has 0 radical (unpaired) electrons. The van der Waals surface area contributed by atoms with Crippen LogP contribution in [0.15, 0.2) is 12.7 Å². The van der Waals surface area contributed by atoms with Crippen molar-refractivity contribution in [2.75, 3.05) is 6.61 Å². The molecule has 6 heteroatoms. The van der Waals surface area contributed by atoms with Crippen molar-refractivity contribution in [1.29, 1.82) is 0 Å². The van der Waals surface area contributed by atoms with Crippen LogP contribution in [-0.2, 0) is 19.1 Å². The van der Waals surface area contributed by atoms with Crippen molar-refractivity contribution in [3.63, 3.8) is 0 Å². The lowest BCUT2D eigenvalue weighted by molar-refractivity contribution is -0.159. The normalized spacial score (nSPS) is 13.6. The lowest BCUT2D eigenvalue weighted by Gasteiger charge is -2.17. The zero-order valence-corrected chi connectivity index (χ0v) is 8.88. The summed E-state index contributed by atoms with van der Waals surface area (Å²) in [7, 11) is 0. The summed E-state index contributed by atoms with van der Waals surface area (Å²) in [5, 5.41) is 17.3. The zero-order chi connectivity index (χ0) is 12.7. The second-order valence-electron chi connectivity index (χ2n) is 3.25. The number of ether oxygens (including phenoxy) is 1. The number of carboxylic acid groups (broad SMARTS) is 2. The smallest absolute Gasteiger partial charge is 0.310 e. The van der Waals surface area contributed by atoms with Gasteiger partial charge >= 0.3 is 17.9 Å². The first-order chi connectivity index (χ1) is 7.40. The third kappa shape index (κ3) is 4.59. The van der Waals surface area contributed by atoms with Gasteiger partial charge in [-0.3, -0.25) is 14.4 Å². The molecule has 2 unspecified atom stereocenters. The van der Waals surface area contributed by atoms with Crippen molar-refractivity contribution in [2.45, 2.75) is 13.3 Å². The highest BCUT2D eigenvalue weighted by molar-refractivity contribution is 5.84. The van der Waals surface area contributed by atoms with Crippen molar-refractivity contribution in [1.82, 2.24) is 0 Å². The Morgan fingerprint density at radius 1 is 1.38 bits per heavy atom. The monoisotopic (exact) mass is 230 g/mol. The van der Waals surface area contributed by atoms with Crippen LogP contribution >= 0.6 is 0 Å². The summed E-state index contributed by atoms with van der Waals surface area (Å²) in [4.78, 5) is 32.6. The maximum absolute atomic E-state index is 11.4. The van der Waals surface area contributed by atoms with Gasteiger partial charge < -0.3 is 14.9 Å². The van der Waals surface area contributed by atoms with Gasteiger partial charge in [-0.2, -0.15) is 0 Å². The maximum Gasteiger partial charge on any atom is 0.310 e. The predicted molar refractivity (Wildman–Crippen MR) is 53.7 cm³/mol. The van der Waals surface area contributed by atoms with Crippen LogP contribution in [0.25, 0.3) is 0 Å². The van der Waals surface area contributed by atoms with Crippen LogP contribution in [0.5, 0.6) is 0 Å². The number of esters is 1. The van der Waals surface area contributed by atoms with Crippen molar-refractivity contribution >= 4 is 17.9 Å². The fraction of sp³-hybridized carbons (Fsp3) is 0.500. The van der Waals surface area contributed by atoms with Gasteiger partial charge in [-0.15, -0.1) is 0 Å². The highest BCUT2D eigenvalue weighted by Gasteiger charge is 2.33. The van der Waals surface area contributed by atoms with Gasteiger partial charge in [-0.05, 0) is 0 Å². The van der Waals surface area contributed by atoms with Crippen LogP contribution in [0, 0.1) is 11.8 Å². The van der Waals surface area contributed by atoms with E-state index < -0.39 is 36.2 Å². The summed E-state index contributed by atoms with van der Waals surface area (Å²) in [5.41, 5.74) is 0. The van der Waals surface area contributed by atoms with Gasteiger partial charge in [0.1, 0.15) is 6.61 Å². The lowest BCUT2D eigenvalue weighted by Crippen LogP contribution is -2.31. The molecule has 0 aliphatic carbocycles. The van der Waals surface area contributed by atoms with Gasteiger partial charge in [0.25, 0.3) is 0 Å². The van der Waals surface area contributed by atoms with Crippen LogP contribution in [0.1, 0.15) is 13.3 Å². The fourth-order valence-corrected chi connectivity index (χ4v) is 1.07. The van der Waals surface area contributed by atoms with Crippen molar-refractivity contribution in [3.8, 4) is 0 Å². The van der Waals surface area contributed by atoms with Crippen molar-refractivity contribution in [2.24, 2.45) is 11.8 Å². The number of carboxylic acids is 2. The van der Waals surface area contributed by atoms with Gasteiger partial charge in [0.2, 0.25) is 0 Å². The van der Waals surface area contributed by atoms with Crippen LogP contribution in [0.4, 0.5) is 0 Å². The van der Waals surface area contributed by atoms with Crippen molar-refractivity contribution in [3.05, 3.63) is 12.7 Å². The first-order valence-electron chi connectivity index (χ1n) is 4.62. The van der Waals surface area contributed by atoms with E-state index in [4.69, 9.17) is 10.2 Å². The lowest BCUT2D eigenvalue weighted by atomic mass is 9.91. The molecule has 6 nitrogen and oxygen atoms in total. The molecule has 0 spiro atoms. The third-order valence-corrected chi connectivity index (χ3v) is 2.03. The molecule has 0 aromatic rings. The molecule has 0 rings (SSSR count). The van der Waals surface area contributed by atoms with Crippen LogP contribution in [0.3, 0.4) is 0 Å². The number of carbonyl (C=O) groups is 3. The summed E-state index contributed by atoms with van der Waals surface area (Å²) in [6.07, 6.45) is 0.755. The number of hydrogen-bond acceptors (Lipinski definition) is 4. The summed E-state index contributed by atoms with van der Waals surface area (Å²) in [6.45, 7) is 4.52. The van der Waals surface area contributed by atoms with E-state index in [2.05, 4.69) is 11.3 Å². The molecule has 90 valence electrons. The molecule has 2 N–H and O–H groups in total. The summed E-state index contributed by atoms with van der Waals surface area (Å²) < 4.78 is 4.64. The molecular formula is C10H14O6. The quantitative estimate of drug-likeness (QED) is 0.488. The van der Waals surface area contributed by atoms with E-state index in [1.165, 1.54) is 13.0 Å². The second-order valence-corrected chi connectivity index (χ2v) is 3.25. The van der Waals surface area contributed by atoms with Crippen LogP contribution in [-0.4, -0.2) is 34.7 Å². The van der Waals surface area contributed by atoms with E-state index in [-0.39, 0.29) is 6.61 Å². The Hall–Kier alpha value is -1.85. The molecule has 0 saturated heterocycles. The van der Waals surface area contributed by atoms with Gasteiger partial charge in [-0.1, -0.05) is 19.6 Å².